The van der Waals surface area contributed by atoms with Gasteiger partial charge in [-0.1, -0.05) is 48.9 Å². The predicted molar refractivity (Wildman–Crippen MR) is 132 cm³/mol. The molecule has 2 amide bonds. The van der Waals surface area contributed by atoms with E-state index in [2.05, 4.69) is 12.3 Å². The van der Waals surface area contributed by atoms with E-state index in [-0.39, 0.29) is 10.2 Å². The van der Waals surface area contributed by atoms with E-state index in [1.54, 1.807) is 18.2 Å². The predicted octanol–water partition coefficient (Wildman–Crippen LogP) is 5.12. The molecule has 1 fully saturated rings. The zero-order valence-electron chi connectivity index (χ0n) is 18.3. The van der Waals surface area contributed by atoms with Gasteiger partial charge in [-0.05, 0) is 68.4 Å². The van der Waals surface area contributed by atoms with Crippen LogP contribution in [0.25, 0.3) is 6.08 Å². The number of ether oxygens (including phenoxy) is 2. The average Bonchev–Trinajstić information content (AvgIpc) is 3.03. The summed E-state index contributed by atoms with van der Waals surface area (Å²) in [5.41, 5.74) is 4.87. The lowest BCUT2D eigenvalue weighted by Crippen LogP contribution is -2.44. The van der Waals surface area contributed by atoms with E-state index in [0.29, 0.717) is 35.2 Å². The summed E-state index contributed by atoms with van der Waals surface area (Å²) < 4.78 is 11.8. The summed E-state index contributed by atoms with van der Waals surface area (Å²) in [6.45, 7) is 7.07. The molecular weight excluding hydrogens is 444 g/mol. The van der Waals surface area contributed by atoms with Crippen molar-refractivity contribution in [3.8, 4) is 11.5 Å². The number of hydrazine groups is 1. The van der Waals surface area contributed by atoms with Gasteiger partial charge in [-0.15, -0.1) is 0 Å². The molecule has 0 radical (unpaired) electrons. The normalized spacial score (nSPS) is 14.7. The van der Waals surface area contributed by atoms with E-state index in [1.165, 1.54) is 0 Å². The van der Waals surface area contributed by atoms with Crippen molar-refractivity contribution in [3.05, 3.63) is 64.1 Å². The molecule has 0 unspecified atom stereocenters. The van der Waals surface area contributed by atoms with Gasteiger partial charge in [0.1, 0.15) is 0 Å². The molecule has 3 rings (SSSR count). The first-order valence-corrected chi connectivity index (χ1v) is 11.7. The molecule has 0 bridgehead atoms. The van der Waals surface area contributed by atoms with Crippen LogP contribution in [-0.4, -0.2) is 34.4 Å². The molecule has 1 aliphatic heterocycles. The Morgan fingerprint density at radius 3 is 2.56 bits per heavy atom. The first-order chi connectivity index (χ1) is 15.4. The zero-order valence-corrected chi connectivity index (χ0v) is 20.0. The second-order valence-corrected chi connectivity index (χ2v) is 8.84. The van der Waals surface area contributed by atoms with Crippen LogP contribution in [-0.2, 0) is 4.79 Å². The number of hydrogen-bond acceptors (Lipinski definition) is 6. The molecule has 1 heterocycles. The van der Waals surface area contributed by atoms with Crippen LogP contribution in [0.3, 0.4) is 0 Å². The minimum Gasteiger partial charge on any atom is -0.490 e. The Kier molecular flexibility index (Phi) is 8.30. The number of unbranched alkanes of at least 4 members (excludes halogenated alkanes) is 1. The third-order valence-electron chi connectivity index (χ3n) is 4.64. The highest BCUT2D eigenvalue weighted by Crippen LogP contribution is 2.34. The number of hydrogen-bond donors (Lipinski definition) is 1. The second-order valence-electron chi connectivity index (χ2n) is 7.17. The molecule has 0 saturated carbocycles. The number of nitrogens with one attached hydrogen (secondary N) is 1. The summed E-state index contributed by atoms with van der Waals surface area (Å²) in [6.07, 6.45) is 3.74. The van der Waals surface area contributed by atoms with Crippen molar-refractivity contribution in [2.45, 2.75) is 33.6 Å². The van der Waals surface area contributed by atoms with E-state index in [0.717, 1.165) is 40.7 Å². The molecule has 1 saturated heterocycles. The van der Waals surface area contributed by atoms with Crippen LogP contribution >= 0.6 is 24.0 Å². The fraction of sp³-hybridized carbons (Fsp3) is 0.292. The van der Waals surface area contributed by atoms with Gasteiger partial charge >= 0.3 is 0 Å². The summed E-state index contributed by atoms with van der Waals surface area (Å²) in [6, 6.07) is 12.6. The Morgan fingerprint density at radius 2 is 1.88 bits per heavy atom. The zero-order chi connectivity index (χ0) is 23.1. The van der Waals surface area contributed by atoms with Gasteiger partial charge in [0.25, 0.3) is 11.8 Å². The molecule has 0 aliphatic carbocycles. The number of benzene rings is 2. The maximum Gasteiger partial charge on any atom is 0.285 e. The van der Waals surface area contributed by atoms with Crippen molar-refractivity contribution in [1.82, 2.24) is 10.4 Å². The fourth-order valence-electron chi connectivity index (χ4n) is 2.91. The minimum absolute atomic E-state index is 0.270. The highest BCUT2D eigenvalue weighted by atomic mass is 32.2. The molecule has 6 nitrogen and oxygen atoms in total. The molecule has 2 aromatic rings. The van der Waals surface area contributed by atoms with Crippen LogP contribution in [0.5, 0.6) is 11.5 Å². The number of amides is 2. The number of carbonyl (C=O) groups is 2. The van der Waals surface area contributed by atoms with Gasteiger partial charge < -0.3 is 9.47 Å². The topological polar surface area (TPSA) is 67.9 Å². The van der Waals surface area contributed by atoms with Crippen molar-refractivity contribution in [1.29, 1.82) is 0 Å². The van der Waals surface area contributed by atoms with Crippen LogP contribution in [0.4, 0.5) is 0 Å². The lowest BCUT2D eigenvalue weighted by Gasteiger charge is -2.15. The van der Waals surface area contributed by atoms with E-state index in [9.17, 15) is 9.59 Å². The van der Waals surface area contributed by atoms with Crippen molar-refractivity contribution in [3.63, 3.8) is 0 Å². The van der Waals surface area contributed by atoms with Gasteiger partial charge in [-0.3, -0.25) is 15.0 Å². The Labute approximate surface area is 197 Å². The van der Waals surface area contributed by atoms with Gasteiger partial charge in [-0.2, -0.15) is 5.01 Å². The van der Waals surface area contributed by atoms with Gasteiger partial charge in [-0.25, -0.2) is 0 Å². The van der Waals surface area contributed by atoms with Gasteiger partial charge in [0.15, 0.2) is 15.8 Å². The van der Waals surface area contributed by atoms with Gasteiger partial charge in [0, 0.05) is 5.56 Å². The quantitative estimate of drug-likeness (QED) is 0.312. The summed E-state index contributed by atoms with van der Waals surface area (Å²) in [4.78, 5) is 25.8. The molecule has 0 atom stereocenters. The highest BCUT2D eigenvalue weighted by Gasteiger charge is 2.33. The van der Waals surface area contributed by atoms with Crippen LogP contribution in [0, 0.1) is 6.92 Å². The number of aryl methyl sites for hydroxylation is 1. The number of nitrogens with zero attached hydrogens (tertiary/aromatic N) is 1. The van der Waals surface area contributed by atoms with E-state index >= 15 is 0 Å². The molecule has 1 aliphatic rings. The minimum atomic E-state index is -0.394. The van der Waals surface area contributed by atoms with Gasteiger partial charge in [0.2, 0.25) is 0 Å². The van der Waals surface area contributed by atoms with Crippen LogP contribution in [0.2, 0.25) is 0 Å². The summed E-state index contributed by atoms with van der Waals surface area (Å²) >= 11 is 6.45. The molecule has 1 N–H and O–H groups in total. The number of thiocarbonyl (C=S) groups is 1. The lowest BCUT2D eigenvalue weighted by molar-refractivity contribution is -0.123. The molecule has 32 heavy (non-hydrogen) atoms. The Balaban J connectivity index is 1.75. The molecule has 168 valence electrons. The van der Waals surface area contributed by atoms with E-state index in [4.69, 9.17) is 21.7 Å². The standard InChI is InChI=1S/C24H26N2O4S2/c1-4-6-13-30-19-12-9-17(14-20(19)29-5-2)15-21-23(28)26(24(31)32-21)25-22(27)18-10-7-16(3)8-11-18/h7-12,14-15H,4-6,13H2,1-3H3,(H,25,27)/b21-15-. The van der Waals surface area contributed by atoms with Gasteiger partial charge in [0.05, 0.1) is 18.1 Å². The summed E-state index contributed by atoms with van der Waals surface area (Å²) in [7, 11) is 0. The molecule has 0 aromatic heterocycles. The first-order valence-electron chi connectivity index (χ1n) is 10.5. The van der Waals surface area contributed by atoms with Crippen LogP contribution < -0.4 is 14.9 Å². The maximum atomic E-state index is 12.9. The van der Waals surface area contributed by atoms with E-state index < -0.39 is 5.91 Å². The SMILES string of the molecule is CCCCOc1ccc(/C=C2\SC(=S)N(NC(=O)c3ccc(C)cc3)C2=O)cc1OCC. The summed E-state index contributed by atoms with van der Waals surface area (Å²) in [5, 5.41) is 1.11. The average molecular weight is 471 g/mol. The first kappa shape index (κ1) is 23.8. The Bertz CT molecular complexity index is 1030. The van der Waals surface area contributed by atoms with Crippen molar-refractivity contribution in [2.75, 3.05) is 13.2 Å². The van der Waals surface area contributed by atoms with Crippen LogP contribution in [0.1, 0.15) is 48.2 Å². The molecule has 8 heteroatoms. The fourth-order valence-corrected chi connectivity index (χ4v) is 4.09. The third-order valence-corrected chi connectivity index (χ3v) is 5.94. The lowest BCUT2D eigenvalue weighted by atomic mass is 10.1. The van der Waals surface area contributed by atoms with Crippen molar-refractivity contribution in [2.24, 2.45) is 0 Å². The van der Waals surface area contributed by atoms with Crippen LogP contribution in [0.15, 0.2) is 47.4 Å². The molecule has 0 spiro atoms. The second kappa shape index (κ2) is 11.2. The van der Waals surface area contributed by atoms with Crippen molar-refractivity contribution < 1.29 is 19.1 Å². The summed E-state index contributed by atoms with van der Waals surface area (Å²) in [5.74, 6) is 0.535. The Morgan fingerprint density at radius 1 is 1.12 bits per heavy atom. The highest BCUT2D eigenvalue weighted by molar-refractivity contribution is 8.26. The third kappa shape index (κ3) is 5.89. The number of carbonyl (C=O) groups excluding carboxylic acids is 2. The Hall–Kier alpha value is -2.84. The van der Waals surface area contributed by atoms with E-state index in [1.807, 2.05) is 44.2 Å². The monoisotopic (exact) mass is 470 g/mol. The number of rotatable bonds is 9. The maximum absolute atomic E-state index is 12.9. The molecular formula is C24H26N2O4S2. The van der Waals surface area contributed by atoms with Crippen molar-refractivity contribution >= 4 is 46.2 Å². The molecule has 2 aromatic carbocycles. The smallest absolute Gasteiger partial charge is 0.285 e. The number of thioether (sulfide) groups is 1. The largest absolute Gasteiger partial charge is 0.490 e.